The van der Waals surface area contributed by atoms with Crippen LogP contribution in [0.25, 0.3) is 0 Å². The Morgan fingerprint density at radius 1 is 0.947 bits per heavy atom. The Bertz CT molecular complexity index is 1370. The summed E-state index contributed by atoms with van der Waals surface area (Å²) in [6, 6.07) is 10.3. The quantitative estimate of drug-likeness (QED) is 0.194. The van der Waals surface area contributed by atoms with Crippen molar-refractivity contribution in [2.24, 2.45) is 29.6 Å². The van der Waals surface area contributed by atoms with E-state index in [1.807, 2.05) is 19.1 Å². The van der Waals surface area contributed by atoms with E-state index in [1.54, 1.807) is 36.1 Å². The number of fused-ring (bicyclic) bond motifs is 5. The van der Waals surface area contributed by atoms with Gasteiger partial charge in [-0.2, -0.15) is 0 Å². The summed E-state index contributed by atoms with van der Waals surface area (Å²) in [6.45, 7) is 3.88. The molecule has 4 fully saturated rings. The molecule has 0 radical (unpaired) electrons. The predicted molar refractivity (Wildman–Crippen MR) is 150 cm³/mol. The van der Waals surface area contributed by atoms with E-state index in [9.17, 15) is 19.2 Å². The van der Waals surface area contributed by atoms with Crippen LogP contribution >= 0.6 is 43.5 Å². The number of carbonyl (C=O) groups excluding carboxylic acids is 4. The van der Waals surface area contributed by atoms with Gasteiger partial charge in [-0.05, 0) is 73.6 Å². The molecule has 2 aromatic carbocycles. The van der Waals surface area contributed by atoms with E-state index < -0.39 is 11.9 Å². The molecule has 2 aliphatic heterocycles. The minimum atomic E-state index is -0.617. The Morgan fingerprint density at radius 2 is 1.61 bits per heavy atom. The molecule has 0 aromatic heterocycles. The van der Waals surface area contributed by atoms with Crippen LogP contribution in [0.5, 0.6) is 5.75 Å². The molecular formula is C28H25Br2ClN2O5. The number of ether oxygens (including phenoxy) is 1. The lowest BCUT2D eigenvalue weighted by molar-refractivity contribution is -0.139. The molecule has 0 spiro atoms. The number of benzene rings is 2. The van der Waals surface area contributed by atoms with Gasteiger partial charge in [-0.3, -0.25) is 19.2 Å². The van der Waals surface area contributed by atoms with Crippen molar-refractivity contribution in [1.82, 2.24) is 0 Å². The average Bonchev–Trinajstić information content (AvgIpc) is 3.59. The minimum absolute atomic E-state index is 0.0480. The molecule has 3 amide bonds. The van der Waals surface area contributed by atoms with E-state index in [1.165, 1.54) is 4.90 Å². The lowest BCUT2D eigenvalue weighted by atomic mass is 9.81. The molecule has 2 saturated carbocycles. The fraction of sp³-hybridized carbons (Fsp3) is 0.429. The molecule has 10 heteroatoms. The molecule has 6 rings (SSSR count). The molecule has 2 heterocycles. The van der Waals surface area contributed by atoms with Crippen LogP contribution in [0, 0.1) is 43.4 Å². The summed E-state index contributed by atoms with van der Waals surface area (Å²) in [4.78, 5) is 55.5. The number of halogens is 3. The molecule has 0 unspecified atom stereocenters. The van der Waals surface area contributed by atoms with E-state index in [4.69, 9.17) is 16.3 Å². The predicted octanol–water partition coefficient (Wildman–Crippen LogP) is 5.20. The van der Waals surface area contributed by atoms with Crippen LogP contribution in [0.3, 0.4) is 0 Å². The summed E-state index contributed by atoms with van der Waals surface area (Å²) in [5, 5.41) is 0.558. The van der Waals surface area contributed by atoms with E-state index >= 15 is 0 Å². The van der Waals surface area contributed by atoms with Gasteiger partial charge < -0.3 is 9.64 Å². The number of carbonyl (C=O) groups is 4. The maximum atomic E-state index is 13.4. The van der Waals surface area contributed by atoms with Gasteiger partial charge in [-0.25, -0.2) is 4.90 Å². The molecule has 2 aromatic rings. The van der Waals surface area contributed by atoms with Gasteiger partial charge in [-0.1, -0.05) is 49.5 Å². The van der Waals surface area contributed by atoms with Crippen LogP contribution < -0.4 is 14.5 Å². The Morgan fingerprint density at radius 3 is 2.21 bits per heavy atom. The zero-order valence-corrected chi connectivity index (χ0v) is 24.6. The summed E-state index contributed by atoms with van der Waals surface area (Å²) in [5.41, 5.74) is 2.74. The molecule has 2 bridgehead atoms. The first-order valence-corrected chi connectivity index (χ1v) is 14.8. The summed E-state index contributed by atoms with van der Waals surface area (Å²) in [5.74, 6) is -1.59. The maximum Gasteiger partial charge on any atom is 0.316 e. The van der Waals surface area contributed by atoms with Gasteiger partial charge >= 0.3 is 5.97 Å². The van der Waals surface area contributed by atoms with E-state index in [0.717, 1.165) is 12.0 Å². The molecule has 7 nitrogen and oxygen atoms in total. The number of rotatable bonds is 4. The number of anilines is 2. The molecule has 38 heavy (non-hydrogen) atoms. The van der Waals surface area contributed by atoms with Crippen LogP contribution in [-0.4, -0.2) is 39.9 Å². The third-order valence-corrected chi connectivity index (χ3v) is 12.2. The zero-order valence-electron chi connectivity index (χ0n) is 20.7. The molecular weight excluding hydrogens is 640 g/mol. The van der Waals surface area contributed by atoms with Crippen molar-refractivity contribution in [3.05, 3.63) is 52.5 Å². The SMILES string of the molecule is Cc1ccc(N2C[C@H](C(=O)Oc3ccc(N4C(=O)[C@@H]5[C@H]6C[C@@H]([C@H](Br)[C@H]6Br)[C@H]5C4=O)c(C)c3)CC2=O)cc1Cl. The normalized spacial score (nSPS) is 31.9. The van der Waals surface area contributed by atoms with Crippen molar-refractivity contribution in [3.8, 4) is 5.75 Å². The van der Waals surface area contributed by atoms with Crippen LogP contribution in [0.4, 0.5) is 11.4 Å². The van der Waals surface area contributed by atoms with Crippen LogP contribution in [0.2, 0.25) is 5.02 Å². The Kier molecular flexibility index (Phi) is 6.47. The summed E-state index contributed by atoms with van der Waals surface area (Å²) >= 11 is 13.6. The third-order valence-electron chi connectivity index (χ3n) is 8.54. The molecule has 198 valence electrons. The van der Waals surface area contributed by atoms with Crippen LogP contribution in [0.1, 0.15) is 24.0 Å². The molecule has 0 N–H and O–H groups in total. The topological polar surface area (TPSA) is 84.0 Å². The number of alkyl halides is 2. The van der Waals surface area contributed by atoms with Crippen molar-refractivity contribution >= 4 is 78.5 Å². The van der Waals surface area contributed by atoms with Crippen molar-refractivity contribution in [3.63, 3.8) is 0 Å². The summed E-state index contributed by atoms with van der Waals surface area (Å²) in [7, 11) is 0. The van der Waals surface area contributed by atoms with E-state index in [0.29, 0.717) is 27.7 Å². The Labute approximate surface area is 242 Å². The minimum Gasteiger partial charge on any atom is -0.426 e. The van der Waals surface area contributed by atoms with Gasteiger partial charge in [0.2, 0.25) is 17.7 Å². The highest BCUT2D eigenvalue weighted by Crippen LogP contribution is 2.60. The van der Waals surface area contributed by atoms with Crippen LogP contribution in [0.15, 0.2) is 36.4 Å². The van der Waals surface area contributed by atoms with Crippen molar-refractivity contribution in [2.45, 2.75) is 36.3 Å². The fourth-order valence-corrected chi connectivity index (χ4v) is 8.64. The van der Waals surface area contributed by atoms with Gasteiger partial charge in [0, 0.05) is 33.3 Å². The number of imide groups is 1. The highest BCUT2D eigenvalue weighted by Gasteiger charge is 2.66. The Hall–Kier alpha value is -2.23. The third kappa shape index (κ3) is 3.95. The van der Waals surface area contributed by atoms with Crippen LogP contribution in [-0.2, 0) is 19.2 Å². The number of esters is 1. The number of amides is 3. The van der Waals surface area contributed by atoms with Gasteiger partial charge in [-0.15, -0.1) is 0 Å². The molecule has 4 aliphatic rings. The highest BCUT2D eigenvalue weighted by atomic mass is 79.9. The monoisotopic (exact) mass is 662 g/mol. The first kappa shape index (κ1) is 26.0. The molecule has 2 saturated heterocycles. The van der Waals surface area contributed by atoms with Crippen molar-refractivity contribution < 1.29 is 23.9 Å². The van der Waals surface area contributed by atoms with Gasteiger partial charge in [0.25, 0.3) is 0 Å². The van der Waals surface area contributed by atoms with Crippen molar-refractivity contribution in [2.75, 3.05) is 16.3 Å². The smallest absolute Gasteiger partial charge is 0.316 e. The first-order valence-electron chi connectivity index (χ1n) is 12.6. The highest BCUT2D eigenvalue weighted by molar-refractivity contribution is 9.12. The second kappa shape index (κ2) is 9.45. The lowest BCUT2D eigenvalue weighted by Crippen LogP contribution is -2.37. The molecule has 2 aliphatic carbocycles. The second-order valence-electron chi connectivity index (χ2n) is 10.7. The fourth-order valence-electron chi connectivity index (χ4n) is 6.59. The van der Waals surface area contributed by atoms with Gasteiger partial charge in [0.15, 0.2) is 0 Å². The lowest BCUT2D eigenvalue weighted by Gasteiger charge is -2.28. The van der Waals surface area contributed by atoms with E-state index in [-0.39, 0.29) is 64.0 Å². The largest absolute Gasteiger partial charge is 0.426 e. The average molecular weight is 665 g/mol. The first-order chi connectivity index (χ1) is 18.1. The van der Waals surface area contributed by atoms with Gasteiger partial charge in [0.1, 0.15) is 5.75 Å². The number of hydrogen-bond donors (Lipinski definition) is 0. The number of hydrogen-bond acceptors (Lipinski definition) is 5. The van der Waals surface area contributed by atoms with Crippen molar-refractivity contribution in [1.29, 1.82) is 0 Å². The maximum absolute atomic E-state index is 13.4. The number of nitrogens with zero attached hydrogens (tertiary/aromatic N) is 2. The zero-order chi connectivity index (χ0) is 27.0. The molecule has 7 atom stereocenters. The second-order valence-corrected chi connectivity index (χ2v) is 13.2. The van der Waals surface area contributed by atoms with E-state index in [2.05, 4.69) is 31.9 Å². The number of aryl methyl sites for hydroxylation is 2. The standard InChI is InChI=1S/C28H25Br2ClN2O5/c1-12-3-4-15(9-19(12)31)32-11-14(8-21(32)34)28(37)38-16-5-6-20(13(2)7-16)33-26(35)22-17-10-18(23(22)27(33)36)25(30)24(17)29/h3-7,9,14,17-18,22-25H,8,10-11H2,1-2H3/t14-,17-,18-,22-,23-,24+,25+/m1/s1. The van der Waals surface area contributed by atoms with Gasteiger partial charge in [0.05, 0.1) is 23.4 Å². The summed E-state index contributed by atoms with van der Waals surface area (Å²) in [6.07, 6.45) is 0.921. The summed E-state index contributed by atoms with van der Waals surface area (Å²) < 4.78 is 5.63. The Balaban J connectivity index is 1.16.